The van der Waals surface area contributed by atoms with Crippen LogP contribution in [-0.4, -0.2) is 23.5 Å². The Balaban J connectivity index is 1.57. The predicted octanol–water partition coefficient (Wildman–Crippen LogP) is 3.54. The molecule has 25 heavy (non-hydrogen) atoms. The van der Waals surface area contributed by atoms with E-state index in [1.807, 2.05) is 23.6 Å². The topological polar surface area (TPSA) is 92.1 Å². The first-order chi connectivity index (χ1) is 12.2. The molecule has 0 unspecified atom stereocenters. The highest BCUT2D eigenvalue weighted by Crippen LogP contribution is 2.27. The van der Waals surface area contributed by atoms with E-state index in [1.54, 1.807) is 29.6 Å². The third-order valence-electron chi connectivity index (χ3n) is 3.10. The van der Waals surface area contributed by atoms with Gasteiger partial charge < -0.3 is 10.1 Å². The summed E-state index contributed by atoms with van der Waals surface area (Å²) in [6.45, 7) is -0.454. The average Bonchev–Trinajstić information content (AvgIpc) is 3.31. The number of hydrogen-bond acceptors (Lipinski definition) is 7. The maximum Gasteiger partial charge on any atom is 0.358 e. The standard InChI is InChI=1S/C17H11N3O3S2/c18-8-11-4-1-2-5-12(11)19-15(21)9-23-17(22)13-10-25-16(20-13)14-6-3-7-24-14/h1-7,10H,9H2,(H,19,21). The van der Waals surface area contributed by atoms with Crippen molar-refractivity contribution in [1.29, 1.82) is 5.26 Å². The summed E-state index contributed by atoms with van der Waals surface area (Å²) >= 11 is 2.87. The molecule has 0 aliphatic rings. The van der Waals surface area contributed by atoms with Gasteiger partial charge in [0.05, 0.1) is 16.1 Å². The molecular weight excluding hydrogens is 358 g/mol. The van der Waals surface area contributed by atoms with E-state index in [-0.39, 0.29) is 5.69 Å². The molecule has 0 fully saturated rings. The number of thiazole rings is 1. The van der Waals surface area contributed by atoms with Crippen LogP contribution in [0.5, 0.6) is 0 Å². The summed E-state index contributed by atoms with van der Waals surface area (Å²) in [5.41, 5.74) is 0.876. The van der Waals surface area contributed by atoms with E-state index in [0.717, 1.165) is 9.88 Å². The molecule has 8 heteroatoms. The minimum atomic E-state index is -0.664. The number of carbonyl (C=O) groups is 2. The number of thiophene rings is 1. The first kappa shape index (κ1) is 16.8. The van der Waals surface area contributed by atoms with Crippen molar-refractivity contribution in [3.8, 4) is 16.0 Å². The minimum absolute atomic E-state index is 0.165. The zero-order valence-electron chi connectivity index (χ0n) is 12.8. The van der Waals surface area contributed by atoms with E-state index in [1.165, 1.54) is 22.7 Å². The van der Waals surface area contributed by atoms with Gasteiger partial charge in [-0.2, -0.15) is 5.26 Å². The minimum Gasteiger partial charge on any atom is -0.451 e. The van der Waals surface area contributed by atoms with E-state index in [2.05, 4.69) is 10.3 Å². The highest BCUT2D eigenvalue weighted by atomic mass is 32.1. The zero-order chi connectivity index (χ0) is 17.6. The largest absolute Gasteiger partial charge is 0.451 e. The lowest BCUT2D eigenvalue weighted by Gasteiger charge is -2.07. The summed E-state index contributed by atoms with van der Waals surface area (Å²) < 4.78 is 4.98. The molecule has 0 bridgehead atoms. The summed E-state index contributed by atoms with van der Waals surface area (Å²) in [6.07, 6.45) is 0. The summed E-state index contributed by atoms with van der Waals surface area (Å²) in [6, 6.07) is 12.4. The number of carbonyl (C=O) groups excluding carboxylic acids is 2. The number of nitrogens with one attached hydrogen (secondary N) is 1. The summed E-state index contributed by atoms with van der Waals surface area (Å²) in [7, 11) is 0. The number of nitriles is 1. The van der Waals surface area contributed by atoms with Crippen LogP contribution in [0.1, 0.15) is 16.1 Å². The van der Waals surface area contributed by atoms with Gasteiger partial charge in [-0.25, -0.2) is 9.78 Å². The number of anilines is 1. The number of ether oxygens (including phenoxy) is 1. The van der Waals surface area contributed by atoms with Crippen molar-refractivity contribution >= 4 is 40.2 Å². The van der Waals surface area contributed by atoms with E-state index < -0.39 is 18.5 Å². The van der Waals surface area contributed by atoms with Gasteiger partial charge >= 0.3 is 5.97 Å². The first-order valence-corrected chi connectivity index (χ1v) is 8.89. The second-order valence-corrected chi connectivity index (χ2v) is 6.60. The Bertz CT molecular complexity index is 942. The lowest BCUT2D eigenvalue weighted by atomic mass is 10.2. The Morgan fingerprint density at radius 3 is 2.80 bits per heavy atom. The predicted molar refractivity (Wildman–Crippen MR) is 95.5 cm³/mol. The Hall–Kier alpha value is -3.02. The fourth-order valence-electron chi connectivity index (χ4n) is 1.96. The number of hydrogen-bond donors (Lipinski definition) is 1. The van der Waals surface area contributed by atoms with E-state index in [0.29, 0.717) is 11.3 Å². The molecule has 0 atom stereocenters. The van der Waals surface area contributed by atoms with Gasteiger partial charge in [-0.1, -0.05) is 18.2 Å². The number of rotatable bonds is 5. The molecule has 2 heterocycles. The Morgan fingerprint density at radius 1 is 1.20 bits per heavy atom. The van der Waals surface area contributed by atoms with Gasteiger partial charge in [-0.15, -0.1) is 22.7 Å². The van der Waals surface area contributed by atoms with Crippen molar-refractivity contribution < 1.29 is 14.3 Å². The van der Waals surface area contributed by atoms with Crippen molar-refractivity contribution in [2.24, 2.45) is 0 Å². The molecule has 1 amide bonds. The summed E-state index contributed by atoms with van der Waals surface area (Å²) in [4.78, 5) is 29.1. The van der Waals surface area contributed by atoms with Gasteiger partial charge in [0, 0.05) is 5.38 Å². The molecule has 3 rings (SSSR count). The van der Waals surface area contributed by atoms with Gasteiger partial charge in [0.15, 0.2) is 12.3 Å². The highest BCUT2D eigenvalue weighted by molar-refractivity contribution is 7.20. The van der Waals surface area contributed by atoms with Gasteiger partial charge in [0.2, 0.25) is 0 Å². The summed E-state index contributed by atoms with van der Waals surface area (Å²) in [5.74, 6) is -1.19. The molecule has 0 aliphatic carbocycles. The van der Waals surface area contributed by atoms with Crippen molar-refractivity contribution in [3.05, 3.63) is 58.4 Å². The van der Waals surface area contributed by atoms with Crippen molar-refractivity contribution in [1.82, 2.24) is 4.98 Å². The fraction of sp³-hybridized carbons (Fsp3) is 0.0588. The Labute approximate surface area is 151 Å². The third kappa shape index (κ3) is 4.09. The monoisotopic (exact) mass is 369 g/mol. The lowest BCUT2D eigenvalue weighted by molar-refractivity contribution is -0.119. The maximum absolute atomic E-state index is 12.0. The zero-order valence-corrected chi connectivity index (χ0v) is 14.4. The molecule has 1 aromatic carbocycles. The van der Waals surface area contributed by atoms with E-state index >= 15 is 0 Å². The molecule has 2 aromatic heterocycles. The normalized spacial score (nSPS) is 10.0. The highest BCUT2D eigenvalue weighted by Gasteiger charge is 2.15. The summed E-state index contributed by atoms with van der Waals surface area (Å²) in [5, 5.41) is 15.8. The number of para-hydroxylation sites is 1. The molecule has 0 radical (unpaired) electrons. The van der Waals surface area contributed by atoms with Crippen LogP contribution in [0.2, 0.25) is 0 Å². The second-order valence-electron chi connectivity index (χ2n) is 4.80. The molecule has 0 spiro atoms. The number of aromatic nitrogens is 1. The molecular formula is C17H11N3O3S2. The smallest absolute Gasteiger partial charge is 0.358 e. The molecule has 6 nitrogen and oxygen atoms in total. The van der Waals surface area contributed by atoms with Crippen molar-refractivity contribution in [3.63, 3.8) is 0 Å². The van der Waals surface area contributed by atoms with Gasteiger partial charge in [0.25, 0.3) is 5.91 Å². The quantitative estimate of drug-likeness (QED) is 0.695. The molecule has 124 valence electrons. The SMILES string of the molecule is N#Cc1ccccc1NC(=O)COC(=O)c1csc(-c2cccs2)n1. The van der Waals surface area contributed by atoms with Crippen molar-refractivity contribution in [2.75, 3.05) is 11.9 Å². The van der Waals surface area contributed by atoms with E-state index in [9.17, 15) is 9.59 Å². The van der Waals surface area contributed by atoms with Gasteiger partial charge in [0.1, 0.15) is 11.1 Å². The molecule has 3 aromatic rings. The fourth-order valence-corrected chi connectivity index (χ4v) is 3.57. The number of esters is 1. The van der Waals surface area contributed by atoms with Crippen LogP contribution < -0.4 is 5.32 Å². The third-order valence-corrected chi connectivity index (χ3v) is 4.98. The molecule has 1 N–H and O–H groups in total. The van der Waals surface area contributed by atoms with Crippen LogP contribution in [0, 0.1) is 11.3 Å². The Morgan fingerprint density at radius 2 is 2.04 bits per heavy atom. The van der Waals surface area contributed by atoms with Crippen LogP contribution in [0.3, 0.4) is 0 Å². The van der Waals surface area contributed by atoms with E-state index in [4.69, 9.17) is 10.00 Å². The number of amides is 1. The molecule has 0 aliphatic heterocycles. The second kappa shape index (κ2) is 7.70. The molecule has 0 saturated heterocycles. The van der Waals surface area contributed by atoms with Crippen LogP contribution in [0.15, 0.2) is 47.2 Å². The van der Waals surface area contributed by atoms with Gasteiger partial charge in [-0.05, 0) is 23.6 Å². The van der Waals surface area contributed by atoms with Crippen LogP contribution in [-0.2, 0) is 9.53 Å². The lowest BCUT2D eigenvalue weighted by Crippen LogP contribution is -2.21. The van der Waals surface area contributed by atoms with Crippen LogP contribution in [0.25, 0.3) is 9.88 Å². The first-order valence-electron chi connectivity index (χ1n) is 7.13. The molecule has 0 saturated carbocycles. The number of nitrogens with zero attached hydrogens (tertiary/aromatic N) is 2. The Kier molecular flexibility index (Phi) is 5.18. The van der Waals surface area contributed by atoms with Crippen LogP contribution >= 0.6 is 22.7 Å². The number of benzene rings is 1. The maximum atomic E-state index is 12.0. The van der Waals surface area contributed by atoms with Gasteiger partial charge in [-0.3, -0.25) is 4.79 Å². The average molecular weight is 369 g/mol. The van der Waals surface area contributed by atoms with Crippen molar-refractivity contribution in [2.45, 2.75) is 0 Å². The van der Waals surface area contributed by atoms with Crippen LogP contribution in [0.4, 0.5) is 5.69 Å².